The number of aromatic nitrogens is 1. The first kappa shape index (κ1) is 19.4. The highest BCUT2D eigenvalue weighted by molar-refractivity contribution is 6.38. The van der Waals surface area contributed by atoms with E-state index in [2.05, 4.69) is 12.1 Å². The van der Waals surface area contributed by atoms with Gasteiger partial charge < -0.3 is 14.8 Å². The molecule has 0 saturated heterocycles. The van der Waals surface area contributed by atoms with Gasteiger partial charge in [-0.15, -0.1) is 0 Å². The van der Waals surface area contributed by atoms with Crippen LogP contribution < -0.4 is 0 Å². The van der Waals surface area contributed by atoms with Gasteiger partial charge in [0.15, 0.2) is 0 Å². The van der Waals surface area contributed by atoms with Gasteiger partial charge in [-0.1, -0.05) is 17.7 Å². The molecule has 2 aromatic carbocycles. The van der Waals surface area contributed by atoms with E-state index in [-0.39, 0.29) is 5.56 Å². The van der Waals surface area contributed by atoms with E-state index in [1.165, 1.54) is 12.1 Å². The van der Waals surface area contributed by atoms with Gasteiger partial charge in [-0.05, 0) is 55.7 Å². The highest BCUT2D eigenvalue weighted by atomic mass is 19.1. The average Bonchev–Trinajstić information content (AvgIpc) is 2.95. The number of carbonyl (C=O) groups is 2. The zero-order valence-electron chi connectivity index (χ0n) is 15.8. The van der Waals surface area contributed by atoms with E-state index in [0.717, 1.165) is 22.3 Å². The third kappa shape index (κ3) is 3.67. The van der Waals surface area contributed by atoms with Crippen LogP contribution in [0.2, 0.25) is 0 Å². The van der Waals surface area contributed by atoms with Gasteiger partial charge >= 0.3 is 5.97 Å². The number of aliphatic carboxylic acids is 1. The number of carboxylic acid groups (broad SMARTS) is 1. The summed E-state index contributed by atoms with van der Waals surface area (Å²) in [6.07, 6.45) is 2.23. The summed E-state index contributed by atoms with van der Waals surface area (Å²) < 4.78 is 15.7. The minimum absolute atomic E-state index is 0.200. The normalized spacial score (nSPS) is 11.8. The lowest BCUT2D eigenvalue weighted by atomic mass is 10.00. The first-order valence-electron chi connectivity index (χ1n) is 8.70. The van der Waals surface area contributed by atoms with E-state index in [1.54, 1.807) is 12.3 Å². The first-order valence-corrected chi connectivity index (χ1v) is 8.70. The lowest BCUT2D eigenvalue weighted by Crippen LogP contribution is -2.09. The molecule has 0 unspecified atom stereocenters. The molecular weight excluding hydrogens is 361 g/mol. The molecule has 0 saturated carbocycles. The largest absolute Gasteiger partial charge is 0.507 e. The van der Waals surface area contributed by atoms with Crippen LogP contribution in [0.3, 0.4) is 0 Å². The Morgan fingerprint density at radius 1 is 1.07 bits per heavy atom. The van der Waals surface area contributed by atoms with Crippen LogP contribution in [-0.2, 0) is 16.1 Å². The summed E-state index contributed by atoms with van der Waals surface area (Å²) in [7, 11) is 0. The van der Waals surface area contributed by atoms with Crippen LogP contribution in [0.5, 0.6) is 0 Å². The predicted molar refractivity (Wildman–Crippen MR) is 105 cm³/mol. The summed E-state index contributed by atoms with van der Waals surface area (Å²) in [5, 5.41) is 19.4. The molecule has 0 spiro atoms. The van der Waals surface area contributed by atoms with Crippen LogP contribution in [0.1, 0.15) is 27.8 Å². The number of aryl methyl sites for hydroxylation is 3. The van der Waals surface area contributed by atoms with Crippen molar-refractivity contribution in [1.29, 1.82) is 0 Å². The number of carboxylic acids is 1. The molecule has 6 heteroatoms. The minimum Gasteiger partial charge on any atom is -0.507 e. The summed E-state index contributed by atoms with van der Waals surface area (Å²) in [6.45, 7) is 6.55. The average molecular weight is 381 g/mol. The van der Waals surface area contributed by atoms with Gasteiger partial charge in [0.1, 0.15) is 11.6 Å². The van der Waals surface area contributed by atoms with Crippen molar-refractivity contribution < 1.29 is 24.2 Å². The molecule has 3 rings (SSSR count). The highest BCUT2D eigenvalue weighted by Crippen LogP contribution is 2.29. The maximum Gasteiger partial charge on any atom is 0.376 e. The lowest BCUT2D eigenvalue weighted by molar-refractivity contribution is -0.146. The standard InChI is InChI=1S/C22H20FNO4/c1-12-6-13(2)17(14(3)7-12)10-24-11-18(20(25)9-21(26)22(27)28)16-8-15(23)4-5-19(16)24/h4-9,11,25H,10H2,1-3H3,(H,27,28)/b20-9-. The van der Waals surface area contributed by atoms with Crippen molar-refractivity contribution >= 4 is 28.4 Å². The third-order valence-electron chi connectivity index (χ3n) is 4.77. The molecule has 0 aliphatic heterocycles. The Balaban J connectivity index is 2.15. The fourth-order valence-corrected chi connectivity index (χ4v) is 3.50. The molecule has 2 N–H and O–H groups in total. The summed E-state index contributed by atoms with van der Waals surface area (Å²) in [6, 6.07) is 8.33. The van der Waals surface area contributed by atoms with Crippen LogP contribution in [0.15, 0.2) is 42.6 Å². The van der Waals surface area contributed by atoms with Crippen LogP contribution in [0.4, 0.5) is 4.39 Å². The number of ketones is 1. The number of aliphatic hydroxyl groups excluding tert-OH is 1. The minimum atomic E-state index is -1.67. The number of aliphatic hydroxyl groups is 1. The van der Waals surface area contributed by atoms with Crippen molar-refractivity contribution in [2.24, 2.45) is 0 Å². The number of rotatable bonds is 5. The fraction of sp³-hybridized carbons (Fsp3) is 0.182. The zero-order valence-corrected chi connectivity index (χ0v) is 15.8. The third-order valence-corrected chi connectivity index (χ3v) is 4.77. The van der Waals surface area contributed by atoms with E-state index in [4.69, 9.17) is 5.11 Å². The van der Waals surface area contributed by atoms with Crippen molar-refractivity contribution in [2.75, 3.05) is 0 Å². The quantitative estimate of drug-likeness (QED) is 0.392. The molecule has 5 nitrogen and oxygen atoms in total. The zero-order chi connectivity index (χ0) is 20.6. The van der Waals surface area contributed by atoms with Gasteiger partial charge in [-0.3, -0.25) is 4.79 Å². The SMILES string of the molecule is Cc1cc(C)c(Cn2cc(/C(O)=C/C(=O)C(=O)O)c3cc(F)ccc32)c(C)c1. The van der Waals surface area contributed by atoms with E-state index in [0.29, 0.717) is 23.5 Å². The van der Waals surface area contributed by atoms with Crippen molar-refractivity contribution in [3.63, 3.8) is 0 Å². The first-order chi connectivity index (χ1) is 13.2. The van der Waals surface area contributed by atoms with E-state index in [1.807, 2.05) is 25.3 Å². The number of carbonyl (C=O) groups excluding carboxylic acids is 1. The topological polar surface area (TPSA) is 79.5 Å². The molecule has 1 aromatic heterocycles. The number of fused-ring (bicyclic) bond motifs is 1. The number of hydrogen-bond acceptors (Lipinski definition) is 3. The van der Waals surface area contributed by atoms with E-state index >= 15 is 0 Å². The van der Waals surface area contributed by atoms with Gasteiger partial charge in [0.05, 0.1) is 0 Å². The van der Waals surface area contributed by atoms with Gasteiger partial charge in [0.2, 0.25) is 0 Å². The molecule has 144 valence electrons. The Hall–Kier alpha value is -3.41. The monoisotopic (exact) mass is 381 g/mol. The number of benzene rings is 2. The molecule has 3 aromatic rings. The molecule has 0 bridgehead atoms. The number of halogens is 1. The van der Waals surface area contributed by atoms with Crippen LogP contribution in [0, 0.1) is 26.6 Å². The van der Waals surface area contributed by atoms with Gasteiger partial charge in [-0.25, -0.2) is 9.18 Å². The van der Waals surface area contributed by atoms with Crippen molar-refractivity contribution in [2.45, 2.75) is 27.3 Å². The van der Waals surface area contributed by atoms with Crippen LogP contribution in [-0.4, -0.2) is 26.5 Å². The Morgan fingerprint density at radius 3 is 2.32 bits per heavy atom. The molecule has 28 heavy (non-hydrogen) atoms. The second-order valence-electron chi connectivity index (χ2n) is 6.91. The summed E-state index contributed by atoms with van der Waals surface area (Å²) in [5.41, 5.74) is 5.35. The van der Waals surface area contributed by atoms with Crippen LogP contribution in [0.25, 0.3) is 16.7 Å². The molecule has 1 heterocycles. The molecule has 0 aliphatic carbocycles. The maximum absolute atomic E-state index is 13.8. The predicted octanol–water partition coefficient (Wildman–Crippen LogP) is 4.31. The number of nitrogens with zero attached hydrogens (tertiary/aromatic N) is 1. The number of hydrogen-bond donors (Lipinski definition) is 2. The lowest BCUT2D eigenvalue weighted by Gasteiger charge is -2.13. The molecule has 0 amide bonds. The van der Waals surface area contributed by atoms with Crippen LogP contribution >= 0.6 is 0 Å². The second-order valence-corrected chi connectivity index (χ2v) is 6.91. The Morgan fingerprint density at radius 2 is 1.71 bits per heavy atom. The summed E-state index contributed by atoms with van der Waals surface area (Å²) in [4.78, 5) is 22.2. The Bertz CT molecular complexity index is 1120. The summed E-state index contributed by atoms with van der Waals surface area (Å²) in [5.74, 6) is -3.93. The van der Waals surface area contributed by atoms with E-state index in [9.17, 15) is 19.1 Å². The van der Waals surface area contributed by atoms with Gasteiger partial charge in [0, 0.05) is 35.3 Å². The molecule has 0 radical (unpaired) electrons. The van der Waals surface area contributed by atoms with Gasteiger partial charge in [-0.2, -0.15) is 0 Å². The van der Waals surface area contributed by atoms with Crippen molar-refractivity contribution in [3.05, 3.63) is 76.2 Å². The maximum atomic E-state index is 13.8. The molecular formula is C22H20FNO4. The van der Waals surface area contributed by atoms with Crippen molar-refractivity contribution in [3.8, 4) is 0 Å². The smallest absolute Gasteiger partial charge is 0.376 e. The van der Waals surface area contributed by atoms with Gasteiger partial charge in [0.25, 0.3) is 5.78 Å². The molecule has 0 aliphatic rings. The highest BCUT2D eigenvalue weighted by Gasteiger charge is 2.17. The Labute approximate surface area is 161 Å². The fourth-order valence-electron chi connectivity index (χ4n) is 3.50. The second kappa shape index (κ2) is 7.31. The molecule has 0 atom stereocenters. The summed E-state index contributed by atoms with van der Waals surface area (Å²) >= 11 is 0. The van der Waals surface area contributed by atoms with E-state index < -0.39 is 23.3 Å². The Kier molecular flexibility index (Phi) is 5.05. The van der Waals surface area contributed by atoms with Crippen molar-refractivity contribution in [1.82, 2.24) is 4.57 Å². The molecule has 0 fully saturated rings.